The Kier molecular flexibility index (Phi) is 7.49. The highest BCUT2D eigenvalue weighted by Gasteiger charge is 2.27. The number of H-pyrrole nitrogens is 1. The number of fused-ring (bicyclic) bond motifs is 1. The van der Waals surface area contributed by atoms with Gasteiger partial charge < -0.3 is 20.7 Å². The van der Waals surface area contributed by atoms with Crippen molar-refractivity contribution in [3.05, 3.63) is 84.4 Å². The number of hydrogen-bond donors (Lipinski definition) is 4. The Bertz CT molecular complexity index is 1370. The predicted octanol–water partition coefficient (Wildman–Crippen LogP) is 6.00. The zero-order chi connectivity index (χ0) is 25.6. The summed E-state index contributed by atoms with van der Waals surface area (Å²) in [4.78, 5) is 32.8. The first-order valence-corrected chi connectivity index (χ1v) is 13.0. The van der Waals surface area contributed by atoms with Crippen molar-refractivity contribution in [2.24, 2.45) is 5.92 Å². The van der Waals surface area contributed by atoms with Gasteiger partial charge in [-0.25, -0.2) is 9.78 Å². The summed E-state index contributed by atoms with van der Waals surface area (Å²) in [5, 5.41) is 18.2. The quantitative estimate of drug-likeness (QED) is 0.227. The molecule has 7 nitrogen and oxygen atoms in total. The van der Waals surface area contributed by atoms with E-state index in [-0.39, 0.29) is 5.91 Å². The first kappa shape index (κ1) is 24.6. The van der Waals surface area contributed by atoms with Gasteiger partial charge in [0.1, 0.15) is 6.04 Å². The van der Waals surface area contributed by atoms with E-state index in [4.69, 9.17) is 0 Å². The van der Waals surface area contributed by atoms with Crippen LogP contribution < -0.4 is 10.6 Å². The molecule has 0 bridgehead atoms. The lowest BCUT2D eigenvalue weighted by Gasteiger charge is -2.25. The fraction of sp³-hybridized carbons (Fsp3) is 0.300. The van der Waals surface area contributed by atoms with E-state index in [0.29, 0.717) is 24.4 Å². The number of carboxylic acid groups (broad SMARTS) is 1. The van der Waals surface area contributed by atoms with Gasteiger partial charge >= 0.3 is 5.97 Å². The fourth-order valence-electron chi connectivity index (χ4n) is 5.33. The van der Waals surface area contributed by atoms with Crippen LogP contribution in [-0.4, -0.2) is 33.0 Å². The van der Waals surface area contributed by atoms with E-state index in [1.54, 1.807) is 18.6 Å². The van der Waals surface area contributed by atoms with Crippen molar-refractivity contribution in [3.63, 3.8) is 0 Å². The van der Waals surface area contributed by atoms with Gasteiger partial charge in [-0.1, -0.05) is 74.6 Å². The third-order valence-corrected chi connectivity index (χ3v) is 7.28. The third-order valence-electron chi connectivity index (χ3n) is 7.28. The van der Waals surface area contributed by atoms with Crippen molar-refractivity contribution in [1.29, 1.82) is 0 Å². The average molecular weight is 497 g/mol. The number of imidazole rings is 1. The topological polar surface area (TPSA) is 107 Å². The lowest BCUT2D eigenvalue weighted by Crippen LogP contribution is -2.42. The van der Waals surface area contributed by atoms with E-state index in [2.05, 4.69) is 20.6 Å². The maximum Gasteiger partial charge on any atom is 0.326 e. The number of nitrogens with zero attached hydrogens (tertiary/aromatic N) is 1. The Morgan fingerprint density at radius 3 is 2.59 bits per heavy atom. The molecule has 37 heavy (non-hydrogen) atoms. The number of carboxylic acids is 1. The number of hydrogen-bond acceptors (Lipinski definition) is 4. The van der Waals surface area contributed by atoms with Crippen LogP contribution in [0.5, 0.6) is 0 Å². The molecule has 1 aliphatic carbocycles. The van der Waals surface area contributed by atoms with Crippen molar-refractivity contribution < 1.29 is 14.7 Å². The van der Waals surface area contributed by atoms with Gasteiger partial charge in [-0.3, -0.25) is 4.79 Å². The first-order chi connectivity index (χ1) is 18.1. The molecule has 0 aliphatic heterocycles. The number of rotatable bonds is 9. The van der Waals surface area contributed by atoms with Gasteiger partial charge in [0.25, 0.3) is 5.91 Å². The van der Waals surface area contributed by atoms with Crippen LogP contribution in [0.25, 0.3) is 21.9 Å². The number of aliphatic carboxylic acids is 1. The molecule has 1 amide bonds. The normalized spacial score (nSPS) is 14.8. The number of aromatic nitrogens is 2. The molecule has 7 heteroatoms. The Balaban J connectivity index is 1.47. The number of aromatic amines is 1. The van der Waals surface area contributed by atoms with E-state index < -0.39 is 12.0 Å². The van der Waals surface area contributed by atoms with Gasteiger partial charge in [-0.2, -0.15) is 0 Å². The summed E-state index contributed by atoms with van der Waals surface area (Å²) in [7, 11) is 0. The second kappa shape index (κ2) is 11.3. The molecule has 1 saturated carbocycles. The average Bonchev–Trinajstić information content (AvgIpc) is 3.45. The van der Waals surface area contributed by atoms with Crippen LogP contribution in [-0.2, 0) is 11.3 Å². The van der Waals surface area contributed by atoms with Gasteiger partial charge in [0.05, 0.1) is 18.6 Å². The number of amides is 1. The predicted molar refractivity (Wildman–Crippen MR) is 145 cm³/mol. The molecule has 1 aromatic heterocycles. The van der Waals surface area contributed by atoms with Gasteiger partial charge in [-0.05, 0) is 52.4 Å². The number of carbonyl (C=O) groups excluding carboxylic acids is 1. The van der Waals surface area contributed by atoms with Crippen LogP contribution in [0.1, 0.15) is 54.6 Å². The molecule has 4 N–H and O–H groups in total. The van der Waals surface area contributed by atoms with E-state index in [1.807, 2.05) is 54.6 Å². The number of benzene rings is 3. The molecular weight excluding hydrogens is 464 g/mol. The lowest BCUT2D eigenvalue weighted by molar-refractivity contribution is -0.139. The standard InChI is InChI=1S/C30H32N4O3/c35-29(34-28(30(36)37)15-20-7-2-1-3-8-20)26-14-13-22(32-18-23-17-31-19-33-23)16-27(26)25-12-6-10-21-9-4-5-11-24(21)25/h4-6,9-14,16-17,19-20,28,32H,1-3,7-8,15,18H2,(H,31,33)(H,34,35)(H,36,37)/t28-/m0/s1. The molecular formula is C30H32N4O3. The number of anilines is 1. The number of carbonyl (C=O) groups is 2. The zero-order valence-electron chi connectivity index (χ0n) is 20.7. The Morgan fingerprint density at radius 2 is 1.81 bits per heavy atom. The molecule has 0 radical (unpaired) electrons. The summed E-state index contributed by atoms with van der Waals surface area (Å²) in [5.41, 5.74) is 3.93. The highest BCUT2D eigenvalue weighted by Crippen LogP contribution is 2.34. The summed E-state index contributed by atoms with van der Waals surface area (Å²) >= 11 is 0. The van der Waals surface area contributed by atoms with Crippen LogP contribution >= 0.6 is 0 Å². The van der Waals surface area contributed by atoms with Gasteiger partial charge in [0.2, 0.25) is 0 Å². The molecule has 1 fully saturated rings. The van der Waals surface area contributed by atoms with Crippen LogP contribution in [0.2, 0.25) is 0 Å². The van der Waals surface area contributed by atoms with Crippen LogP contribution in [0.3, 0.4) is 0 Å². The monoisotopic (exact) mass is 496 g/mol. The van der Waals surface area contributed by atoms with Gasteiger partial charge in [0.15, 0.2) is 0 Å². The summed E-state index contributed by atoms with van der Waals surface area (Å²) < 4.78 is 0. The molecule has 1 heterocycles. The maximum atomic E-state index is 13.6. The molecule has 4 aromatic rings. The third kappa shape index (κ3) is 5.82. The zero-order valence-corrected chi connectivity index (χ0v) is 20.7. The fourth-order valence-corrected chi connectivity index (χ4v) is 5.33. The van der Waals surface area contributed by atoms with E-state index in [1.165, 1.54) is 6.42 Å². The highest BCUT2D eigenvalue weighted by atomic mass is 16.4. The van der Waals surface area contributed by atoms with Crippen molar-refractivity contribution >= 4 is 28.3 Å². The molecule has 0 unspecified atom stereocenters. The van der Waals surface area contributed by atoms with Crippen molar-refractivity contribution in [3.8, 4) is 11.1 Å². The minimum Gasteiger partial charge on any atom is -0.480 e. The largest absolute Gasteiger partial charge is 0.480 e. The molecule has 1 aliphatic rings. The van der Waals surface area contributed by atoms with Gasteiger partial charge in [-0.15, -0.1) is 0 Å². The van der Waals surface area contributed by atoms with Crippen molar-refractivity contribution in [2.45, 2.75) is 51.1 Å². The molecule has 0 spiro atoms. The highest BCUT2D eigenvalue weighted by molar-refractivity contribution is 6.07. The van der Waals surface area contributed by atoms with E-state index in [9.17, 15) is 14.7 Å². The summed E-state index contributed by atoms with van der Waals surface area (Å²) in [6, 6.07) is 18.8. The second-order valence-electron chi connectivity index (χ2n) is 9.82. The second-order valence-corrected chi connectivity index (χ2v) is 9.82. The van der Waals surface area contributed by atoms with E-state index >= 15 is 0 Å². The smallest absolute Gasteiger partial charge is 0.326 e. The molecule has 0 saturated heterocycles. The Morgan fingerprint density at radius 1 is 1.00 bits per heavy atom. The molecule has 3 aromatic carbocycles. The van der Waals surface area contributed by atoms with Crippen molar-refractivity contribution in [2.75, 3.05) is 5.32 Å². The minimum absolute atomic E-state index is 0.335. The van der Waals surface area contributed by atoms with Crippen LogP contribution in [0, 0.1) is 5.92 Å². The molecule has 1 atom stereocenters. The Hall–Kier alpha value is -4.13. The van der Waals surface area contributed by atoms with Gasteiger partial charge in [0, 0.05) is 17.4 Å². The molecule has 190 valence electrons. The lowest BCUT2D eigenvalue weighted by atomic mass is 9.84. The maximum absolute atomic E-state index is 13.6. The summed E-state index contributed by atoms with van der Waals surface area (Å²) in [5.74, 6) is -1.02. The minimum atomic E-state index is -0.983. The SMILES string of the molecule is O=C(N[C@@H](CC1CCCCC1)C(=O)O)c1ccc(NCc2cnc[nH]2)cc1-c1cccc2ccccc12. The summed E-state index contributed by atoms with van der Waals surface area (Å²) in [6.45, 7) is 0.559. The van der Waals surface area contributed by atoms with Crippen molar-refractivity contribution in [1.82, 2.24) is 15.3 Å². The van der Waals surface area contributed by atoms with E-state index in [0.717, 1.165) is 59.0 Å². The number of nitrogens with one attached hydrogen (secondary N) is 3. The Labute approximate surface area is 216 Å². The first-order valence-electron chi connectivity index (χ1n) is 13.0. The molecule has 5 rings (SSSR count). The van der Waals surface area contributed by atoms with Crippen LogP contribution in [0.15, 0.2) is 73.2 Å². The van der Waals surface area contributed by atoms with Crippen LogP contribution in [0.4, 0.5) is 5.69 Å². The summed E-state index contributed by atoms with van der Waals surface area (Å²) in [6.07, 6.45) is 9.38.